The molecule has 0 aromatic carbocycles. The summed E-state index contributed by atoms with van der Waals surface area (Å²) in [5.74, 6) is 2.04. The van der Waals surface area contributed by atoms with Crippen molar-refractivity contribution in [3.63, 3.8) is 0 Å². The van der Waals surface area contributed by atoms with E-state index < -0.39 is 0 Å². The van der Waals surface area contributed by atoms with Gasteiger partial charge in [0.05, 0.1) is 19.3 Å². The first-order valence-corrected chi connectivity index (χ1v) is 7.97. The van der Waals surface area contributed by atoms with Crippen LogP contribution in [0, 0.1) is 17.8 Å². The Morgan fingerprint density at radius 1 is 1.16 bits per heavy atom. The SMILES string of the molecule is CCNC1CC(C)CC(C)C1OCCOCC(C)C. The standard InChI is InChI=1S/C16H33NO2/c1-6-17-15-10-13(4)9-14(5)16(15)19-8-7-18-11-12(2)3/h12-17H,6-11H2,1-5H3. The Kier molecular flexibility index (Phi) is 7.96. The Hall–Kier alpha value is -0.120. The molecular weight excluding hydrogens is 238 g/mol. The number of hydrogen-bond donors (Lipinski definition) is 1. The van der Waals surface area contributed by atoms with Crippen LogP contribution < -0.4 is 5.32 Å². The maximum Gasteiger partial charge on any atom is 0.0754 e. The third kappa shape index (κ3) is 6.24. The third-order valence-corrected chi connectivity index (χ3v) is 3.84. The lowest BCUT2D eigenvalue weighted by molar-refractivity contribution is -0.0593. The Bertz CT molecular complexity index is 233. The van der Waals surface area contributed by atoms with Gasteiger partial charge in [0, 0.05) is 12.6 Å². The van der Waals surface area contributed by atoms with Gasteiger partial charge >= 0.3 is 0 Å². The summed E-state index contributed by atoms with van der Waals surface area (Å²) in [6, 6.07) is 0.508. The minimum atomic E-state index is 0.346. The molecule has 0 aromatic rings. The van der Waals surface area contributed by atoms with Gasteiger partial charge in [0.2, 0.25) is 0 Å². The number of ether oxygens (including phenoxy) is 2. The predicted octanol–water partition coefficient (Wildman–Crippen LogP) is 3.09. The van der Waals surface area contributed by atoms with Crippen LogP contribution in [0.4, 0.5) is 0 Å². The van der Waals surface area contributed by atoms with Crippen molar-refractivity contribution < 1.29 is 9.47 Å². The van der Waals surface area contributed by atoms with Gasteiger partial charge in [0.15, 0.2) is 0 Å². The molecule has 3 nitrogen and oxygen atoms in total. The van der Waals surface area contributed by atoms with Crippen molar-refractivity contribution in [3.05, 3.63) is 0 Å². The fourth-order valence-corrected chi connectivity index (χ4v) is 3.13. The van der Waals surface area contributed by atoms with E-state index in [0.717, 1.165) is 32.3 Å². The fraction of sp³-hybridized carbons (Fsp3) is 1.00. The van der Waals surface area contributed by atoms with Gasteiger partial charge in [-0.15, -0.1) is 0 Å². The number of rotatable bonds is 8. The molecular formula is C16H33NO2. The molecule has 0 saturated heterocycles. The summed E-state index contributed by atoms with van der Waals surface area (Å²) in [7, 11) is 0. The van der Waals surface area contributed by atoms with E-state index in [-0.39, 0.29) is 0 Å². The molecule has 19 heavy (non-hydrogen) atoms. The monoisotopic (exact) mass is 271 g/mol. The highest BCUT2D eigenvalue weighted by Crippen LogP contribution is 2.31. The zero-order chi connectivity index (χ0) is 14.3. The molecule has 0 amide bonds. The van der Waals surface area contributed by atoms with E-state index in [0.29, 0.717) is 24.0 Å². The maximum atomic E-state index is 6.10. The van der Waals surface area contributed by atoms with Crippen LogP contribution >= 0.6 is 0 Å². The van der Waals surface area contributed by atoms with E-state index in [1.54, 1.807) is 0 Å². The summed E-state index contributed by atoms with van der Waals surface area (Å²) in [4.78, 5) is 0. The molecule has 0 aliphatic heterocycles. The van der Waals surface area contributed by atoms with Crippen molar-refractivity contribution in [1.82, 2.24) is 5.32 Å². The minimum Gasteiger partial charge on any atom is -0.379 e. The van der Waals surface area contributed by atoms with Gasteiger partial charge in [-0.05, 0) is 37.1 Å². The van der Waals surface area contributed by atoms with Crippen LogP contribution in [0.3, 0.4) is 0 Å². The van der Waals surface area contributed by atoms with Gasteiger partial charge in [-0.2, -0.15) is 0 Å². The van der Waals surface area contributed by atoms with E-state index in [9.17, 15) is 0 Å². The van der Waals surface area contributed by atoms with Crippen molar-refractivity contribution >= 4 is 0 Å². The van der Waals surface area contributed by atoms with Crippen molar-refractivity contribution in [2.75, 3.05) is 26.4 Å². The number of hydrogen-bond acceptors (Lipinski definition) is 3. The highest BCUT2D eigenvalue weighted by atomic mass is 16.5. The van der Waals surface area contributed by atoms with Crippen molar-refractivity contribution in [2.24, 2.45) is 17.8 Å². The molecule has 1 rings (SSSR count). The Morgan fingerprint density at radius 2 is 1.89 bits per heavy atom. The van der Waals surface area contributed by atoms with Crippen LogP contribution in [0.25, 0.3) is 0 Å². The minimum absolute atomic E-state index is 0.346. The zero-order valence-electron chi connectivity index (χ0n) is 13.4. The van der Waals surface area contributed by atoms with E-state index in [1.165, 1.54) is 12.8 Å². The zero-order valence-corrected chi connectivity index (χ0v) is 13.4. The molecule has 4 unspecified atom stereocenters. The molecule has 0 bridgehead atoms. The first-order chi connectivity index (χ1) is 9.04. The van der Waals surface area contributed by atoms with Crippen LogP contribution in [0.5, 0.6) is 0 Å². The predicted molar refractivity (Wildman–Crippen MR) is 80.4 cm³/mol. The number of likely N-dealkylation sites (N-methyl/N-ethyl adjacent to an activating group) is 1. The first kappa shape index (κ1) is 16.9. The second-order valence-corrected chi connectivity index (χ2v) is 6.52. The average molecular weight is 271 g/mol. The molecule has 1 fully saturated rings. The van der Waals surface area contributed by atoms with Crippen LogP contribution in [0.1, 0.15) is 47.5 Å². The maximum absolute atomic E-state index is 6.10. The van der Waals surface area contributed by atoms with Gasteiger partial charge in [-0.1, -0.05) is 34.6 Å². The highest BCUT2D eigenvalue weighted by molar-refractivity contribution is 4.88. The second-order valence-electron chi connectivity index (χ2n) is 6.52. The summed E-state index contributed by atoms with van der Waals surface area (Å²) >= 11 is 0. The molecule has 0 aromatic heterocycles. The third-order valence-electron chi connectivity index (χ3n) is 3.84. The first-order valence-electron chi connectivity index (χ1n) is 7.97. The topological polar surface area (TPSA) is 30.5 Å². The lowest BCUT2D eigenvalue weighted by Crippen LogP contribution is -2.49. The van der Waals surface area contributed by atoms with Crippen molar-refractivity contribution in [1.29, 1.82) is 0 Å². The van der Waals surface area contributed by atoms with Gasteiger partial charge in [-0.3, -0.25) is 0 Å². The van der Waals surface area contributed by atoms with Crippen LogP contribution in [-0.2, 0) is 9.47 Å². The molecule has 4 atom stereocenters. The largest absolute Gasteiger partial charge is 0.379 e. The molecule has 3 heteroatoms. The van der Waals surface area contributed by atoms with E-state index in [2.05, 4.69) is 39.9 Å². The normalized spacial score (nSPS) is 31.9. The molecule has 114 valence electrons. The molecule has 1 N–H and O–H groups in total. The summed E-state index contributed by atoms with van der Waals surface area (Å²) in [6.45, 7) is 14.5. The summed E-state index contributed by atoms with van der Waals surface area (Å²) in [6.07, 6.45) is 2.86. The van der Waals surface area contributed by atoms with Gasteiger partial charge < -0.3 is 14.8 Å². The molecule has 0 radical (unpaired) electrons. The van der Waals surface area contributed by atoms with E-state index >= 15 is 0 Å². The van der Waals surface area contributed by atoms with Gasteiger partial charge in [0.25, 0.3) is 0 Å². The van der Waals surface area contributed by atoms with E-state index in [1.807, 2.05) is 0 Å². The molecule has 0 spiro atoms. The van der Waals surface area contributed by atoms with Gasteiger partial charge in [-0.25, -0.2) is 0 Å². The average Bonchev–Trinajstić information content (AvgIpc) is 2.31. The molecule has 1 aliphatic carbocycles. The van der Waals surface area contributed by atoms with Crippen LogP contribution in [0.15, 0.2) is 0 Å². The Balaban J connectivity index is 2.31. The summed E-state index contributed by atoms with van der Waals surface area (Å²) < 4.78 is 11.7. The second kappa shape index (κ2) is 8.93. The molecule has 1 saturated carbocycles. The molecule has 0 heterocycles. The number of nitrogens with one attached hydrogen (secondary N) is 1. The summed E-state index contributed by atoms with van der Waals surface area (Å²) in [5.41, 5.74) is 0. The van der Waals surface area contributed by atoms with Gasteiger partial charge in [0.1, 0.15) is 0 Å². The summed E-state index contributed by atoms with van der Waals surface area (Å²) in [5, 5.41) is 3.59. The lowest BCUT2D eigenvalue weighted by Gasteiger charge is -2.39. The quantitative estimate of drug-likeness (QED) is 0.688. The Labute approximate surface area is 119 Å². The van der Waals surface area contributed by atoms with Crippen LogP contribution in [-0.4, -0.2) is 38.5 Å². The fourth-order valence-electron chi connectivity index (χ4n) is 3.13. The smallest absolute Gasteiger partial charge is 0.0754 e. The highest BCUT2D eigenvalue weighted by Gasteiger charge is 2.34. The molecule has 1 aliphatic rings. The van der Waals surface area contributed by atoms with Crippen molar-refractivity contribution in [2.45, 2.75) is 59.6 Å². The van der Waals surface area contributed by atoms with E-state index in [4.69, 9.17) is 9.47 Å². The van der Waals surface area contributed by atoms with Crippen LogP contribution in [0.2, 0.25) is 0 Å². The Morgan fingerprint density at radius 3 is 2.53 bits per heavy atom. The van der Waals surface area contributed by atoms with Crippen molar-refractivity contribution in [3.8, 4) is 0 Å². The lowest BCUT2D eigenvalue weighted by atomic mass is 9.78.